The molecule has 0 saturated carbocycles. The number of rotatable bonds is 6. The van der Waals surface area contributed by atoms with Gasteiger partial charge in [-0.1, -0.05) is 12.1 Å². The van der Waals surface area contributed by atoms with Gasteiger partial charge in [0, 0.05) is 23.1 Å². The molecule has 0 aliphatic carbocycles. The molecule has 0 bridgehead atoms. The highest BCUT2D eigenvalue weighted by atomic mass is 16.5. The summed E-state index contributed by atoms with van der Waals surface area (Å²) in [5.41, 5.74) is 1.43. The largest absolute Gasteiger partial charge is 0.497 e. The molecule has 164 valence electrons. The summed E-state index contributed by atoms with van der Waals surface area (Å²) in [4.78, 5) is 39.1. The Labute approximate surface area is 185 Å². The third-order valence-corrected chi connectivity index (χ3v) is 4.62. The van der Waals surface area contributed by atoms with E-state index < -0.39 is 11.9 Å². The first-order chi connectivity index (χ1) is 15.5. The molecule has 0 saturated heterocycles. The molecule has 0 aromatic heterocycles. The van der Waals surface area contributed by atoms with Crippen molar-refractivity contribution < 1.29 is 28.6 Å². The van der Waals surface area contributed by atoms with Gasteiger partial charge in [0.2, 0.25) is 0 Å². The predicted molar refractivity (Wildman–Crippen MR) is 119 cm³/mol. The molecule has 8 heteroatoms. The zero-order valence-electron chi connectivity index (χ0n) is 17.8. The van der Waals surface area contributed by atoms with Gasteiger partial charge in [-0.3, -0.25) is 4.79 Å². The van der Waals surface area contributed by atoms with Gasteiger partial charge in [0.25, 0.3) is 5.91 Å². The molecule has 0 unspecified atom stereocenters. The van der Waals surface area contributed by atoms with E-state index in [-0.39, 0.29) is 17.2 Å². The summed E-state index contributed by atoms with van der Waals surface area (Å²) in [5.74, 6) is -1.08. The highest BCUT2D eigenvalue weighted by molar-refractivity contribution is 6.07. The molecular weight excluding hydrogens is 412 g/mol. The monoisotopic (exact) mass is 434 g/mol. The summed E-state index contributed by atoms with van der Waals surface area (Å²) in [5, 5.41) is 2.81. The number of carbonyl (C=O) groups is 3. The summed E-state index contributed by atoms with van der Waals surface area (Å²) in [6.07, 6.45) is 6.33. The number of nitrogens with one attached hydrogen (secondary N) is 1. The second-order valence-corrected chi connectivity index (χ2v) is 6.55. The highest BCUT2D eigenvalue weighted by Gasteiger charge is 2.27. The normalized spacial score (nSPS) is 12.8. The van der Waals surface area contributed by atoms with Gasteiger partial charge >= 0.3 is 11.9 Å². The molecule has 8 nitrogen and oxygen atoms in total. The van der Waals surface area contributed by atoms with E-state index in [4.69, 9.17) is 14.2 Å². The Kier molecular flexibility index (Phi) is 7.07. The van der Waals surface area contributed by atoms with E-state index >= 15 is 0 Å². The maximum atomic E-state index is 12.8. The van der Waals surface area contributed by atoms with Crippen LogP contribution < -0.4 is 15.0 Å². The maximum absolute atomic E-state index is 12.8. The van der Waals surface area contributed by atoms with Crippen LogP contribution in [0.2, 0.25) is 0 Å². The van der Waals surface area contributed by atoms with E-state index in [0.29, 0.717) is 22.7 Å². The van der Waals surface area contributed by atoms with Gasteiger partial charge in [0.15, 0.2) is 0 Å². The standard InChI is InChI=1S/C24H22N2O6/c1-30-19-12-10-17(11-13-19)25-22(27)16-7-6-8-18(15-16)26-14-5-4-9-20(23(28)31-2)21(26)24(29)32-3/h4-15H,1-3H3,(H,25,27). The number of hydrogen-bond acceptors (Lipinski definition) is 7. The summed E-state index contributed by atoms with van der Waals surface area (Å²) in [6, 6.07) is 13.6. The van der Waals surface area contributed by atoms with Gasteiger partial charge < -0.3 is 24.4 Å². The number of benzene rings is 2. The number of allylic oxidation sites excluding steroid dienone is 2. The van der Waals surface area contributed by atoms with Gasteiger partial charge in [-0.15, -0.1) is 0 Å². The Bertz CT molecular complexity index is 1120. The van der Waals surface area contributed by atoms with Crippen LogP contribution in [-0.4, -0.2) is 39.2 Å². The molecule has 0 spiro atoms. The first-order valence-electron chi connectivity index (χ1n) is 9.59. The van der Waals surface area contributed by atoms with Crippen LogP contribution >= 0.6 is 0 Å². The molecule has 32 heavy (non-hydrogen) atoms. The van der Waals surface area contributed by atoms with Crippen molar-refractivity contribution in [3.05, 3.63) is 89.8 Å². The van der Waals surface area contributed by atoms with Crippen LogP contribution in [0.15, 0.2) is 84.2 Å². The van der Waals surface area contributed by atoms with Gasteiger partial charge in [-0.05, 0) is 54.6 Å². The Morgan fingerprint density at radius 1 is 0.875 bits per heavy atom. The lowest BCUT2D eigenvalue weighted by Crippen LogP contribution is -2.27. The number of nitrogens with zero attached hydrogens (tertiary/aromatic N) is 1. The van der Waals surface area contributed by atoms with Crippen molar-refractivity contribution >= 4 is 29.2 Å². The quantitative estimate of drug-likeness (QED) is 0.696. The third-order valence-electron chi connectivity index (χ3n) is 4.62. The van der Waals surface area contributed by atoms with E-state index in [0.717, 1.165) is 0 Å². The zero-order valence-corrected chi connectivity index (χ0v) is 17.8. The molecule has 3 rings (SSSR count). The molecule has 0 fully saturated rings. The Morgan fingerprint density at radius 2 is 1.59 bits per heavy atom. The maximum Gasteiger partial charge on any atom is 0.355 e. The molecule has 1 amide bonds. The minimum absolute atomic E-state index is 0.0254. The Balaban J connectivity index is 1.96. The van der Waals surface area contributed by atoms with E-state index in [1.165, 1.54) is 25.2 Å². The van der Waals surface area contributed by atoms with Crippen LogP contribution in [0, 0.1) is 0 Å². The van der Waals surface area contributed by atoms with E-state index in [2.05, 4.69) is 5.32 Å². The van der Waals surface area contributed by atoms with Crippen LogP contribution in [0.1, 0.15) is 10.4 Å². The fourth-order valence-corrected chi connectivity index (χ4v) is 3.04. The second kappa shape index (κ2) is 10.1. The molecule has 1 heterocycles. The van der Waals surface area contributed by atoms with Gasteiger partial charge in [-0.25, -0.2) is 9.59 Å². The van der Waals surface area contributed by atoms with Crippen LogP contribution in [0.5, 0.6) is 5.75 Å². The summed E-state index contributed by atoms with van der Waals surface area (Å²) in [7, 11) is 4.01. The molecule has 1 aliphatic rings. The van der Waals surface area contributed by atoms with Gasteiger partial charge in [0.1, 0.15) is 11.4 Å². The second-order valence-electron chi connectivity index (χ2n) is 6.55. The number of anilines is 2. The van der Waals surface area contributed by atoms with Crippen molar-refractivity contribution in [2.75, 3.05) is 31.5 Å². The topological polar surface area (TPSA) is 94.2 Å². The molecule has 2 aromatic rings. The molecule has 1 aliphatic heterocycles. The van der Waals surface area contributed by atoms with Crippen molar-refractivity contribution in [2.24, 2.45) is 0 Å². The van der Waals surface area contributed by atoms with Crippen molar-refractivity contribution in [2.45, 2.75) is 0 Å². The number of ether oxygens (including phenoxy) is 3. The van der Waals surface area contributed by atoms with Crippen LogP contribution in [0.25, 0.3) is 0 Å². The third kappa shape index (κ3) is 4.86. The predicted octanol–water partition coefficient (Wildman–Crippen LogP) is 3.44. The van der Waals surface area contributed by atoms with Crippen molar-refractivity contribution in [3.63, 3.8) is 0 Å². The number of hydrogen-bond donors (Lipinski definition) is 1. The zero-order chi connectivity index (χ0) is 23.1. The Hall–Kier alpha value is -4.33. The molecule has 1 N–H and O–H groups in total. The van der Waals surface area contributed by atoms with E-state index in [1.807, 2.05) is 0 Å². The fraction of sp³-hybridized carbons (Fsp3) is 0.125. The average molecular weight is 434 g/mol. The molecular formula is C24H22N2O6. The van der Waals surface area contributed by atoms with E-state index in [9.17, 15) is 14.4 Å². The first kappa shape index (κ1) is 22.4. The fourth-order valence-electron chi connectivity index (χ4n) is 3.04. The van der Waals surface area contributed by atoms with Gasteiger partial charge in [-0.2, -0.15) is 0 Å². The smallest absolute Gasteiger partial charge is 0.355 e. The van der Waals surface area contributed by atoms with Crippen LogP contribution in [-0.2, 0) is 19.1 Å². The Morgan fingerprint density at radius 3 is 2.25 bits per heavy atom. The summed E-state index contributed by atoms with van der Waals surface area (Å²) < 4.78 is 14.8. The minimum atomic E-state index is -0.727. The summed E-state index contributed by atoms with van der Waals surface area (Å²) >= 11 is 0. The molecule has 2 aromatic carbocycles. The lowest BCUT2D eigenvalue weighted by atomic mass is 10.1. The number of carbonyl (C=O) groups excluding carboxylic acids is 3. The minimum Gasteiger partial charge on any atom is -0.497 e. The number of esters is 2. The first-order valence-corrected chi connectivity index (χ1v) is 9.59. The number of amides is 1. The molecule has 0 radical (unpaired) electrons. The van der Waals surface area contributed by atoms with Crippen molar-refractivity contribution in [1.82, 2.24) is 0 Å². The van der Waals surface area contributed by atoms with Gasteiger partial charge in [0.05, 0.1) is 26.9 Å². The van der Waals surface area contributed by atoms with Crippen molar-refractivity contribution in [1.29, 1.82) is 0 Å². The van der Waals surface area contributed by atoms with E-state index in [1.54, 1.807) is 74.0 Å². The molecule has 0 atom stereocenters. The number of methoxy groups -OCH3 is 3. The van der Waals surface area contributed by atoms with Crippen LogP contribution in [0.4, 0.5) is 11.4 Å². The lowest BCUT2D eigenvalue weighted by Gasteiger charge is -2.23. The lowest BCUT2D eigenvalue weighted by molar-refractivity contribution is -0.139. The highest BCUT2D eigenvalue weighted by Crippen LogP contribution is 2.27. The SMILES string of the molecule is COC(=O)C1=C(C(=O)OC)N(c2cccc(C(=O)Nc3ccc(OC)cc3)c2)C=CC=C1. The average Bonchev–Trinajstić information content (AvgIpc) is 3.06. The van der Waals surface area contributed by atoms with Crippen LogP contribution in [0.3, 0.4) is 0 Å². The van der Waals surface area contributed by atoms with Crippen molar-refractivity contribution in [3.8, 4) is 5.75 Å². The summed E-state index contributed by atoms with van der Waals surface area (Å²) in [6.45, 7) is 0.